The van der Waals surface area contributed by atoms with Crippen molar-refractivity contribution >= 4 is 27.5 Å². The molecule has 0 spiro atoms. The van der Waals surface area contributed by atoms with E-state index in [2.05, 4.69) is 15.9 Å². The summed E-state index contributed by atoms with van der Waals surface area (Å²) in [6.07, 6.45) is 0.812. The van der Waals surface area contributed by atoms with Crippen LogP contribution in [0.3, 0.4) is 0 Å². The summed E-state index contributed by atoms with van der Waals surface area (Å²) in [5.74, 6) is -0.468. The van der Waals surface area contributed by atoms with Crippen LogP contribution in [0.5, 0.6) is 0 Å². The van der Waals surface area contributed by atoms with Gasteiger partial charge in [0, 0.05) is 18.0 Å². The van der Waals surface area contributed by atoms with E-state index >= 15 is 0 Å². The van der Waals surface area contributed by atoms with Gasteiger partial charge in [-0.05, 0) is 47.6 Å². The maximum Gasteiger partial charge on any atom is 0.144 e. The quantitative estimate of drug-likeness (QED) is 0.560. The van der Waals surface area contributed by atoms with Crippen molar-refractivity contribution in [1.29, 1.82) is 0 Å². The van der Waals surface area contributed by atoms with Crippen molar-refractivity contribution in [1.82, 2.24) is 4.90 Å². The van der Waals surface area contributed by atoms with Gasteiger partial charge in [-0.15, -0.1) is 11.6 Å². The number of nitrogens with zero attached hydrogens (tertiary/aromatic N) is 1. The molecule has 1 nitrogen and oxygen atoms in total. The van der Waals surface area contributed by atoms with Crippen LogP contribution in [0.2, 0.25) is 0 Å². The molecule has 0 amide bonds. The van der Waals surface area contributed by atoms with E-state index in [0.29, 0.717) is 10.4 Å². The number of rotatable bonds is 6. The van der Waals surface area contributed by atoms with Crippen molar-refractivity contribution in [3.63, 3.8) is 0 Å². The highest BCUT2D eigenvalue weighted by atomic mass is 79.9. The van der Waals surface area contributed by atoms with Gasteiger partial charge in [0.1, 0.15) is 11.6 Å². The lowest BCUT2D eigenvalue weighted by molar-refractivity contribution is 0.272. The van der Waals surface area contributed by atoms with E-state index in [1.165, 1.54) is 12.1 Å². The first-order valence-corrected chi connectivity index (χ1v) is 6.83. The fourth-order valence-electron chi connectivity index (χ4n) is 1.57. The van der Waals surface area contributed by atoms with Gasteiger partial charge in [-0.25, -0.2) is 8.78 Å². The van der Waals surface area contributed by atoms with Crippen LogP contribution in [0.25, 0.3) is 0 Å². The zero-order valence-electron chi connectivity index (χ0n) is 9.65. The molecule has 0 radical (unpaired) electrons. The Morgan fingerprint density at radius 3 is 2.65 bits per heavy atom. The molecule has 0 saturated heterocycles. The molecule has 0 fully saturated rings. The van der Waals surface area contributed by atoms with Crippen LogP contribution < -0.4 is 0 Å². The maximum absolute atomic E-state index is 13.7. The molecule has 0 aromatic heterocycles. The fourth-order valence-corrected chi connectivity index (χ4v) is 2.06. The minimum Gasteiger partial charge on any atom is -0.299 e. The van der Waals surface area contributed by atoms with Crippen LogP contribution in [0.15, 0.2) is 16.6 Å². The zero-order valence-corrected chi connectivity index (χ0v) is 12.0. The van der Waals surface area contributed by atoms with Crippen LogP contribution in [-0.2, 0) is 6.54 Å². The predicted molar refractivity (Wildman–Crippen MR) is 70.3 cm³/mol. The van der Waals surface area contributed by atoms with Crippen LogP contribution in [0.1, 0.15) is 18.9 Å². The predicted octanol–water partition coefficient (Wildman–Crippen LogP) is 4.18. The van der Waals surface area contributed by atoms with Crippen molar-refractivity contribution in [3.8, 4) is 0 Å². The molecule has 0 aliphatic carbocycles. The monoisotopic (exact) mass is 325 g/mol. The molecule has 1 aromatic carbocycles. The number of hydrogen-bond acceptors (Lipinski definition) is 1. The molecule has 0 heterocycles. The lowest BCUT2D eigenvalue weighted by Crippen LogP contribution is -2.25. The molecular formula is C12H15BrClF2N. The Bertz CT molecular complexity index is 374. The van der Waals surface area contributed by atoms with Crippen molar-refractivity contribution < 1.29 is 8.78 Å². The van der Waals surface area contributed by atoms with Gasteiger partial charge in [-0.2, -0.15) is 0 Å². The topological polar surface area (TPSA) is 3.24 Å². The van der Waals surface area contributed by atoms with Gasteiger partial charge < -0.3 is 0 Å². The molecule has 17 heavy (non-hydrogen) atoms. The average molecular weight is 327 g/mol. The Labute approximate surface area is 114 Å². The zero-order chi connectivity index (χ0) is 12.8. The van der Waals surface area contributed by atoms with E-state index in [4.69, 9.17) is 11.6 Å². The lowest BCUT2D eigenvalue weighted by Gasteiger charge is -2.20. The molecule has 0 atom stereocenters. The van der Waals surface area contributed by atoms with E-state index in [1.807, 2.05) is 11.8 Å². The summed E-state index contributed by atoms with van der Waals surface area (Å²) in [4.78, 5) is 1.97. The Morgan fingerprint density at radius 2 is 2.06 bits per heavy atom. The number of halogens is 4. The normalized spacial score (nSPS) is 11.2. The molecule has 0 saturated carbocycles. The molecule has 1 rings (SSSR count). The highest BCUT2D eigenvalue weighted by Crippen LogP contribution is 2.22. The summed E-state index contributed by atoms with van der Waals surface area (Å²) >= 11 is 8.67. The fraction of sp³-hybridized carbons (Fsp3) is 0.500. The van der Waals surface area contributed by atoms with E-state index in [-0.39, 0.29) is 12.1 Å². The lowest BCUT2D eigenvalue weighted by atomic mass is 10.2. The van der Waals surface area contributed by atoms with E-state index < -0.39 is 11.6 Å². The van der Waals surface area contributed by atoms with Crippen LogP contribution in [-0.4, -0.2) is 23.9 Å². The largest absolute Gasteiger partial charge is 0.299 e. The van der Waals surface area contributed by atoms with Crippen molar-refractivity contribution in [2.75, 3.05) is 19.0 Å². The standard InChI is InChI=1S/C12H15BrClF2N/c1-2-17(7-3-6-14)8-9-11(15)5-4-10(13)12(9)16/h4-5H,2-3,6-8H2,1H3. The van der Waals surface area contributed by atoms with Crippen molar-refractivity contribution in [3.05, 3.63) is 33.8 Å². The van der Waals surface area contributed by atoms with Crippen LogP contribution >= 0.6 is 27.5 Å². The van der Waals surface area contributed by atoms with Crippen molar-refractivity contribution in [2.45, 2.75) is 19.9 Å². The second-order valence-electron chi connectivity index (χ2n) is 3.73. The summed E-state index contributed by atoms with van der Waals surface area (Å²) in [6, 6.07) is 2.65. The third-order valence-electron chi connectivity index (χ3n) is 2.58. The number of benzene rings is 1. The van der Waals surface area contributed by atoms with Crippen LogP contribution in [0, 0.1) is 11.6 Å². The average Bonchev–Trinajstić information content (AvgIpc) is 2.33. The first-order valence-electron chi connectivity index (χ1n) is 5.50. The Hall–Kier alpha value is -0.190. The summed E-state index contributed by atoms with van der Waals surface area (Å²) < 4.78 is 27.6. The minimum absolute atomic E-state index is 0.107. The third-order valence-corrected chi connectivity index (χ3v) is 3.46. The number of alkyl halides is 1. The molecule has 0 aliphatic rings. The maximum atomic E-state index is 13.7. The van der Waals surface area contributed by atoms with Gasteiger partial charge in [0.05, 0.1) is 4.47 Å². The van der Waals surface area contributed by atoms with E-state index in [1.54, 1.807) is 0 Å². The van der Waals surface area contributed by atoms with Gasteiger partial charge in [-0.1, -0.05) is 6.92 Å². The van der Waals surface area contributed by atoms with Gasteiger partial charge in [-0.3, -0.25) is 4.90 Å². The smallest absolute Gasteiger partial charge is 0.144 e. The molecular weight excluding hydrogens is 311 g/mol. The summed E-state index contributed by atoms with van der Waals surface area (Å²) in [5, 5.41) is 0. The van der Waals surface area contributed by atoms with E-state index in [0.717, 1.165) is 19.5 Å². The van der Waals surface area contributed by atoms with Gasteiger partial charge in [0.15, 0.2) is 0 Å². The van der Waals surface area contributed by atoms with Crippen LogP contribution in [0.4, 0.5) is 8.78 Å². The van der Waals surface area contributed by atoms with Gasteiger partial charge >= 0.3 is 0 Å². The van der Waals surface area contributed by atoms with Gasteiger partial charge in [0.25, 0.3) is 0 Å². The molecule has 0 N–H and O–H groups in total. The third kappa shape index (κ3) is 4.19. The molecule has 0 bridgehead atoms. The molecule has 0 aliphatic heterocycles. The first-order chi connectivity index (χ1) is 8.10. The first kappa shape index (κ1) is 14.9. The minimum atomic E-state index is -0.519. The van der Waals surface area contributed by atoms with Gasteiger partial charge in [0.2, 0.25) is 0 Å². The molecule has 5 heteroatoms. The second kappa shape index (κ2) is 7.29. The summed E-state index contributed by atoms with van der Waals surface area (Å²) in [7, 11) is 0. The molecule has 96 valence electrons. The molecule has 1 aromatic rings. The Balaban J connectivity index is 2.81. The Kier molecular flexibility index (Phi) is 6.38. The Morgan fingerprint density at radius 1 is 1.35 bits per heavy atom. The SMILES string of the molecule is CCN(CCCCl)Cc1c(F)ccc(Br)c1F. The highest BCUT2D eigenvalue weighted by Gasteiger charge is 2.14. The highest BCUT2D eigenvalue weighted by molar-refractivity contribution is 9.10. The summed E-state index contributed by atoms with van der Waals surface area (Å²) in [6.45, 7) is 3.71. The van der Waals surface area contributed by atoms with Crippen molar-refractivity contribution in [2.24, 2.45) is 0 Å². The number of hydrogen-bond donors (Lipinski definition) is 0. The van der Waals surface area contributed by atoms with E-state index in [9.17, 15) is 8.78 Å². The second-order valence-corrected chi connectivity index (χ2v) is 4.97. The summed E-state index contributed by atoms with van der Waals surface area (Å²) in [5.41, 5.74) is 0.107. The molecule has 0 unspecified atom stereocenters.